The number of nitrogens with two attached hydrogens (primary N) is 1. The Morgan fingerprint density at radius 1 is 1.54 bits per heavy atom. The van der Waals surface area contributed by atoms with Crippen LogP contribution in [0.2, 0.25) is 0 Å². The van der Waals surface area contributed by atoms with Gasteiger partial charge in [-0.2, -0.15) is 0 Å². The number of carbonyl (C=O) groups is 1. The fraction of sp³-hybridized carbons (Fsp3) is 0.889. The van der Waals surface area contributed by atoms with Crippen molar-refractivity contribution in [1.29, 1.82) is 0 Å². The zero-order chi connectivity index (χ0) is 10.3. The number of hydrazine groups is 1. The second-order valence-electron chi connectivity index (χ2n) is 3.37. The molecule has 4 nitrogen and oxygen atoms in total. The predicted octanol–water partition coefficient (Wildman–Crippen LogP) is 0.555. The Hall–Kier alpha value is -0.610. The molecule has 0 aliphatic heterocycles. The molecule has 0 aliphatic rings. The molecule has 0 fully saturated rings. The van der Waals surface area contributed by atoms with Crippen molar-refractivity contribution in [2.45, 2.75) is 39.5 Å². The van der Waals surface area contributed by atoms with Gasteiger partial charge in [-0.05, 0) is 12.8 Å². The molecule has 0 aromatic heterocycles. The molecule has 4 heteroatoms. The second kappa shape index (κ2) is 5.94. The molecule has 0 saturated heterocycles. The summed E-state index contributed by atoms with van der Waals surface area (Å²) in [4.78, 5) is 11.4. The van der Waals surface area contributed by atoms with Crippen molar-refractivity contribution in [1.82, 2.24) is 5.43 Å². The molecular formula is C9H20N2O2. The van der Waals surface area contributed by atoms with Crippen LogP contribution in [0.25, 0.3) is 0 Å². The van der Waals surface area contributed by atoms with E-state index in [9.17, 15) is 9.90 Å². The van der Waals surface area contributed by atoms with Gasteiger partial charge in [0.15, 0.2) is 0 Å². The van der Waals surface area contributed by atoms with Crippen LogP contribution >= 0.6 is 0 Å². The van der Waals surface area contributed by atoms with Crippen molar-refractivity contribution < 1.29 is 9.90 Å². The fourth-order valence-electron chi connectivity index (χ4n) is 1.38. The Balaban J connectivity index is 4.39. The van der Waals surface area contributed by atoms with Crippen LogP contribution in [0.15, 0.2) is 0 Å². The monoisotopic (exact) mass is 188 g/mol. The van der Waals surface area contributed by atoms with Crippen LogP contribution in [0.5, 0.6) is 0 Å². The lowest BCUT2D eigenvalue weighted by Crippen LogP contribution is -2.46. The summed E-state index contributed by atoms with van der Waals surface area (Å²) in [6, 6.07) is 0. The van der Waals surface area contributed by atoms with E-state index in [-0.39, 0.29) is 12.5 Å². The molecule has 1 atom stereocenters. The van der Waals surface area contributed by atoms with Crippen molar-refractivity contribution in [3.63, 3.8) is 0 Å². The van der Waals surface area contributed by atoms with Gasteiger partial charge in [0.05, 0.1) is 12.0 Å². The van der Waals surface area contributed by atoms with Gasteiger partial charge in [0.1, 0.15) is 0 Å². The average Bonchev–Trinajstić information content (AvgIpc) is 2.19. The lowest BCUT2D eigenvalue weighted by Gasteiger charge is -2.28. The minimum atomic E-state index is -0.676. The number of hydrogen-bond donors (Lipinski definition) is 3. The van der Waals surface area contributed by atoms with Gasteiger partial charge < -0.3 is 5.11 Å². The van der Waals surface area contributed by atoms with Crippen molar-refractivity contribution >= 4 is 5.91 Å². The number of nitrogens with one attached hydrogen (secondary N) is 1. The molecule has 0 aromatic rings. The largest absolute Gasteiger partial charge is 0.395 e. The summed E-state index contributed by atoms with van der Waals surface area (Å²) in [5.74, 6) is 4.81. The van der Waals surface area contributed by atoms with Gasteiger partial charge in [0.25, 0.3) is 0 Å². The van der Waals surface area contributed by atoms with E-state index >= 15 is 0 Å². The van der Waals surface area contributed by atoms with E-state index in [0.29, 0.717) is 12.8 Å². The molecule has 0 radical (unpaired) electrons. The predicted molar refractivity (Wildman–Crippen MR) is 51.7 cm³/mol. The Morgan fingerprint density at radius 2 is 2.15 bits per heavy atom. The van der Waals surface area contributed by atoms with E-state index in [0.717, 1.165) is 12.8 Å². The van der Waals surface area contributed by atoms with Crippen LogP contribution < -0.4 is 11.3 Å². The summed E-state index contributed by atoms with van der Waals surface area (Å²) in [5, 5.41) is 9.19. The third-order valence-electron chi connectivity index (χ3n) is 2.60. The first-order valence-corrected chi connectivity index (χ1v) is 4.78. The molecule has 1 unspecified atom stereocenters. The van der Waals surface area contributed by atoms with Crippen molar-refractivity contribution in [3.8, 4) is 0 Å². The van der Waals surface area contributed by atoms with Gasteiger partial charge in [0.2, 0.25) is 5.91 Å². The Morgan fingerprint density at radius 3 is 2.46 bits per heavy atom. The quantitative estimate of drug-likeness (QED) is 0.324. The highest BCUT2D eigenvalue weighted by molar-refractivity contribution is 5.82. The van der Waals surface area contributed by atoms with Gasteiger partial charge in [-0.3, -0.25) is 10.2 Å². The van der Waals surface area contributed by atoms with Gasteiger partial charge in [-0.1, -0.05) is 26.7 Å². The van der Waals surface area contributed by atoms with Gasteiger partial charge >= 0.3 is 0 Å². The fourth-order valence-corrected chi connectivity index (χ4v) is 1.38. The lowest BCUT2D eigenvalue weighted by atomic mass is 9.80. The van der Waals surface area contributed by atoms with E-state index in [1.807, 2.05) is 6.92 Å². The molecule has 0 rings (SSSR count). The first-order chi connectivity index (χ1) is 6.16. The van der Waals surface area contributed by atoms with Crippen LogP contribution in [0, 0.1) is 5.41 Å². The summed E-state index contributed by atoms with van der Waals surface area (Å²) >= 11 is 0. The molecule has 0 saturated carbocycles. The number of aliphatic hydroxyl groups is 1. The molecule has 13 heavy (non-hydrogen) atoms. The van der Waals surface area contributed by atoms with E-state index < -0.39 is 5.41 Å². The minimum Gasteiger partial charge on any atom is -0.395 e. The molecule has 1 amide bonds. The normalized spacial score (nSPS) is 15.1. The highest BCUT2D eigenvalue weighted by atomic mass is 16.3. The SMILES string of the molecule is CCCCC(CC)(CO)C(=O)NN. The van der Waals surface area contributed by atoms with E-state index in [1.165, 1.54) is 0 Å². The van der Waals surface area contributed by atoms with Crippen molar-refractivity contribution in [3.05, 3.63) is 0 Å². The smallest absolute Gasteiger partial charge is 0.242 e. The standard InChI is InChI=1S/C9H20N2O2/c1-3-5-6-9(4-2,7-12)8(13)11-10/h12H,3-7,10H2,1-2H3,(H,11,13). The van der Waals surface area contributed by atoms with E-state index in [2.05, 4.69) is 12.3 Å². The molecule has 78 valence electrons. The number of aliphatic hydroxyl groups excluding tert-OH is 1. The number of unbranched alkanes of at least 4 members (excludes halogenated alkanes) is 1. The third kappa shape index (κ3) is 2.97. The molecule has 0 heterocycles. The number of carbonyl (C=O) groups excluding carboxylic acids is 1. The lowest BCUT2D eigenvalue weighted by molar-refractivity contribution is -0.134. The maximum atomic E-state index is 11.4. The summed E-state index contributed by atoms with van der Waals surface area (Å²) in [6.45, 7) is 3.81. The number of hydrogen-bond acceptors (Lipinski definition) is 3. The highest BCUT2D eigenvalue weighted by Gasteiger charge is 2.34. The van der Waals surface area contributed by atoms with Crippen LogP contribution in [-0.4, -0.2) is 17.6 Å². The van der Waals surface area contributed by atoms with Crippen molar-refractivity contribution in [2.24, 2.45) is 11.3 Å². The first-order valence-electron chi connectivity index (χ1n) is 4.78. The topological polar surface area (TPSA) is 75.3 Å². The summed E-state index contributed by atoms with van der Waals surface area (Å²) in [6.07, 6.45) is 3.26. The Kier molecular flexibility index (Phi) is 5.66. The Labute approximate surface area is 79.5 Å². The van der Waals surface area contributed by atoms with Gasteiger partial charge in [-0.25, -0.2) is 5.84 Å². The molecule has 0 bridgehead atoms. The van der Waals surface area contributed by atoms with Crippen LogP contribution in [0.4, 0.5) is 0 Å². The summed E-state index contributed by atoms with van der Waals surface area (Å²) in [7, 11) is 0. The van der Waals surface area contributed by atoms with Gasteiger partial charge in [-0.15, -0.1) is 0 Å². The molecule has 0 aliphatic carbocycles. The second-order valence-corrected chi connectivity index (χ2v) is 3.37. The molecule has 0 spiro atoms. The van der Waals surface area contributed by atoms with Gasteiger partial charge in [0, 0.05) is 0 Å². The van der Waals surface area contributed by atoms with E-state index in [1.54, 1.807) is 0 Å². The molecular weight excluding hydrogens is 168 g/mol. The van der Waals surface area contributed by atoms with Crippen LogP contribution in [-0.2, 0) is 4.79 Å². The summed E-state index contributed by atoms with van der Waals surface area (Å²) < 4.78 is 0. The molecule has 0 aromatic carbocycles. The summed E-state index contributed by atoms with van der Waals surface area (Å²) in [5.41, 5.74) is 1.44. The highest BCUT2D eigenvalue weighted by Crippen LogP contribution is 2.28. The number of rotatable bonds is 6. The van der Waals surface area contributed by atoms with Crippen LogP contribution in [0.1, 0.15) is 39.5 Å². The number of amides is 1. The molecule has 4 N–H and O–H groups in total. The van der Waals surface area contributed by atoms with E-state index in [4.69, 9.17) is 5.84 Å². The third-order valence-corrected chi connectivity index (χ3v) is 2.60. The van der Waals surface area contributed by atoms with Crippen molar-refractivity contribution in [2.75, 3.05) is 6.61 Å². The minimum absolute atomic E-state index is 0.132. The zero-order valence-electron chi connectivity index (χ0n) is 8.47. The van der Waals surface area contributed by atoms with Crippen LogP contribution in [0.3, 0.4) is 0 Å². The average molecular weight is 188 g/mol. The maximum Gasteiger partial charge on any atom is 0.242 e. The maximum absolute atomic E-state index is 11.4. The first kappa shape index (κ1) is 12.4. The zero-order valence-corrected chi connectivity index (χ0v) is 8.47. The Bertz CT molecular complexity index is 156.